The molecule has 4 heteroatoms. The summed E-state index contributed by atoms with van der Waals surface area (Å²) >= 11 is 0. The van der Waals surface area contributed by atoms with E-state index in [-0.39, 0.29) is 0 Å². The Morgan fingerprint density at radius 3 is 0.939 bits per heavy atom. The molecule has 0 aliphatic heterocycles. The van der Waals surface area contributed by atoms with Gasteiger partial charge in [-0.2, -0.15) is 0 Å². The Hall–Kier alpha value is -10.5. The van der Waals surface area contributed by atoms with Gasteiger partial charge < -0.3 is 13.7 Å². The van der Waals surface area contributed by atoms with Gasteiger partial charge in [0.05, 0.1) is 33.1 Å². The highest BCUT2D eigenvalue weighted by molar-refractivity contribution is 7.19. The zero-order valence-electron chi connectivity index (χ0n) is 44.9. The third-order valence-electron chi connectivity index (χ3n) is 17.2. The van der Waals surface area contributed by atoms with Crippen LogP contribution in [0.2, 0.25) is 0 Å². The monoisotopic (exact) mass is 1060 g/mol. The molecule has 0 atom stereocenters. The Morgan fingerprint density at radius 1 is 0.171 bits per heavy atom. The van der Waals surface area contributed by atoms with Crippen LogP contribution in [0.4, 0.5) is 0 Å². The average molecular weight is 1060 g/mol. The van der Waals surface area contributed by atoms with E-state index in [9.17, 15) is 0 Å². The lowest BCUT2D eigenvalue weighted by molar-refractivity contribution is 1.13. The largest absolute Gasteiger partial charge is 0.309 e. The molecule has 3 heterocycles. The van der Waals surface area contributed by atoms with Gasteiger partial charge in [-0.05, 0) is 127 Å². The maximum absolute atomic E-state index is 2.66. The minimum absolute atomic E-state index is 1.10. The highest BCUT2D eigenvalue weighted by atomic mass is 28.3. The van der Waals surface area contributed by atoms with Crippen LogP contribution in [0.1, 0.15) is 0 Å². The molecule has 16 rings (SSSR count). The standard InChI is InChI=1S/C78H53N3Si/c1-5-21-54(22-6-1)58-43-47-77-71(51-58)69-31-15-19-35-75(69)79(77)60-44-48-78-72(53-60)70-32-16-20-36-76(70)81(78)62-50-59(49-61(52-62)80-73-33-17-13-29-67(73)68-30-14-18-34-74(68)80)57-39-37-55(38-40-57)56-41-45-66(46-42-56)82(63-23-7-2-8-24-63,64-25-9-3-10-26-64)65-27-11-4-12-28-65/h1-53H. The number of hydrogen-bond acceptors (Lipinski definition) is 0. The fraction of sp³-hybridized carbons (Fsp3) is 0. The second kappa shape index (κ2) is 19.4. The van der Waals surface area contributed by atoms with Gasteiger partial charge in [-0.1, -0.05) is 249 Å². The van der Waals surface area contributed by atoms with Crippen LogP contribution in [0.25, 0.3) is 116 Å². The molecule has 0 aliphatic rings. The molecule has 0 bridgehead atoms. The van der Waals surface area contributed by atoms with Gasteiger partial charge in [-0.25, -0.2) is 0 Å². The van der Waals surface area contributed by atoms with E-state index in [1.54, 1.807) is 0 Å². The maximum atomic E-state index is 2.48. The van der Waals surface area contributed by atoms with Gasteiger partial charge in [0.1, 0.15) is 0 Å². The van der Waals surface area contributed by atoms with E-state index >= 15 is 0 Å². The first kappa shape index (κ1) is 47.5. The fourth-order valence-corrected chi connectivity index (χ4v) is 18.2. The topological polar surface area (TPSA) is 14.8 Å². The number of rotatable bonds is 10. The van der Waals surface area contributed by atoms with Crippen molar-refractivity contribution in [2.75, 3.05) is 0 Å². The Bertz CT molecular complexity index is 4910. The lowest BCUT2D eigenvalue weighted by Gasteiger charge is -2.34. The average Bonchev–Trinajstić information content (AvgIpc) is 4.38. The summed E-state index contributed by atoms with van der Waals surface area (Å²) < 4.78 is 7.38. The van der Waals surface area contributed by atoms with E-state index in [1.807, 2.05) is 0 Å². The molecule has 0 fully saturated rings. The molecule has 13 aromatic carbocycles. The molecule has 0 unspecified atom stereocenters. The first-order valence-electron chi connectivity index (χ1n) is 28.3. The summed E-state index contributed by atoms with van der Waals surface area (Å²) in [6.45, 7) is 0. The van der Waals surface area contributed by atoms with Crippen molar-refractivity contribution in [3.05, 3.63) is 322 Å². The number of aromatic nitrogens is 3. The number of fused-ring (bicyclic) bond motifs is 9. The predicted octanol–water partition coefficient (Wildman–Crippen LogP) is 17.4. The molecule has 0 spiro atoms. The van der Waals surface area contributed by atoms with Crippen molar-refractivity contribution in [2.24, 2.45) is 0 Å². The van der Waals surface area contributed by atoms with Gasteiger partial charge in [0.2, 0.25) is 0 Å². The summed E-state index contributed by atoms with van der Waals surface area (Å²) in [7, 11) is -2.66. The van der Waals surface area contributed by atoms with Gasteiger partial charge in [0.15, 0.2) is 8.07 Å². The third kappa shape index (κ3) is 7.57. The van der Waals surface area contributed by atoms with Crippen molar-refractivity contribution in [3.8, 4) is 50.4 Å². The van der Waals surface area contributed by atoms with Gasteiger partial charge in [0, 0.05) is 49.4 Å². The highest BCUT2D eigenvalue weighted by Crippen LogP contribution is 2.41. The lowest BCUT2D eigenvalue weighted by Crippen LogP contribution is -2.74. The molecule has 0 saturated carbocycles. The van der Waals surface area contributed by atoms with Crippen LogP contribution in [-0.2, 0) is 0 Å². The molecular formula is C78H53N3Si. The normalized spacial score (nSPS) is 11.9. The Labute approximate surface area is 477 Å². The van der Waals surface area contributed by atoms with E-state index in [0.717, 1.165) is 39.2 Å². The van der Waals surface area contributed by atoms with Crippen LogP contribution in [0.3, 0.4) is 0 Å². The minimum atomic E-state index is -2.66. The van der Waals surface area contributed by atoms with Crippen molar-refractivity contribution in [3.63, 3.8) is 0 Å². The van der Waals surface area contributed by atoms with Gasteiger partial charge in [0.25, 0.3) is 0 Å². The first-order valence-corrected chi connectivity index (χ1v) is 30.3. The molecule has 0 aliphatic carbocycles. The van der Waals surface area contributed by atoms with E-state index in [2.05, 4.69) is 335 Å². The summed E-state index contributed by atoms with van der Waals surface area (Å²) in [6, 6.07) is 119. The maximum Gasteiger partial charge on any atom is 0.179 e. The van der Waals surface area contributed by atoms with E-state index in [0.29, 0.717) is 0 Å². The van der Waals surface area contributed by atoms with E-state index in [1.165, 1.54) is 97.4 Å². The number of benzene rings is 13. The van der Waals surface area contributed by atoms with Crippen LogP contribution in [-0.4, -0.2) is 21.8 Å². The summed E-state index contributed by atoms with van der Waals surface area (Å²) in [4.78, 5) is 0. The highest BCUT2D eigenvalue weighted by Gasteiger charge is 2.41. The molecule has 0 N–H and O–H groups in total. The zero-order chi connectivity index (χ0) is 54.1. The second-order valence-electron chi connectivity index (χ2n) is 21.6. The SMILES string of the molecule is c1ccc(-c2ccc3c(c2)c2ccccc2n3-c2ccc3c(c2)c2ccccc2n3-c2cc(-c3ccc(-c4ccc([Si](c5ccccc5)(c5ccccc5)c5ccccc5)cc4)cc3)cc(-n3c4ccccc4c4ccccc43)c2)cc1. The van der Waals surface area contributed by atoms with Crippen molar-refractivity contribution in [1.29, 1.82) is 0 Å². The molecule has 3 nitrogen and oxygen atoms in total. The lowest BCUT2D eigenvalue weighted by atomic mass is 9.99. The molecule has 16 aromatic rings. The molecule has 0 amide bonds. The van der Waals surface area contributed by atoms with Crippen molar-refractivity contribution in [1.82, 2.24) is 13.7 Å². The smallest absolute Gasteiger partial charge is 0.179 e. The van der Waals surface area contributed by atoms with Crippen LogP contribution >= 0.6 is 0 Å². The second-order valence-corrected chi connectivity index (χ2v) is 25.4. The summed E-state index contributed by atoms with van der Waals surface area (Å²) in [6.07, 6.45) is 0. The molecular weight excluding hydrogens is 1010 g/mol. The Kier molecular flexibility index (Phi) is 11.2. The molecule has 0 saturated heterocycles. The van der Waals surface area contributed by atoms with E-state index < -0.39 is 8.07 Å². The van der Waals surface area contributed by atoms with Crippen molar-refractivity contribution in [2.45, 2.75) is 0 Å². The number of hydrogen-bond donors (Lipinski definition) is 0. The molecule has 3 aromatic heterocycles. The number of para-hydroxylation sites is 4. The van der Waals surface area contributed by atoms with Gasteiger partial charge in [-0.15, -0.1) is 0 Å². The van der Waals surface area contributed by atoms with Crippen LogP contribution < -0.4 is 20.7 Å². The van der Waals surface area contributed by atoms with Crippen molar-refractivity contribution >= 4 is 94.2 Å². The number of nitrogens with zero attached hydrogens (tertiary/aromatic N) is 3. The van der Waals surface area contributed by atoms with Crippen LogP contribution in [0, 0.1) is 0 Å². The summed E-state index contributed by atoms with van der Waals surface area (Å²) in [5, 5.41) is 12.8. The molecule has 0 radical (unpaired) electrons. The third-order valence-corrected chi connectivity index (χ3v) is 22.0. The zero-order valence-corrected chi connectivity index (χ0v) is 45.9. The quantitative estimate of drug-likeness (QED) is 0.0958. The minimum Gasteiger partial charge on any atom is -0.309 e. The fourth-order valence-electron chi connectivity index (χ4n) is 13.5. The summed E-state index contributed by atoms with van der Waals surface area (Å²) in [5.74, 6) is 0. The van der Waals surface area contributed by atoms with Gasteiger partial charge >= 0.3 is 0 Å². The van der Waals surface area contributed by atoms with Crippen molar-refractivity contribution < 1.29 is 0 Å². The predicted molar refractivity (Wildman–Crippen MR) is 349 cm³/mol. The van der Waals surface area contributed by atoms with Gasteiger partial charge in [-0.3, -0.25) is 0 Å². The Morgan fingerprint density at radius 2 is 0.476 bits per heavy atom. The van der Waals surface area contributed by atoms with Crippen LogP contribution in [0.5, 0.6) is 0 Å². The first-order chi connectivity index (χ1) is 40.7. The Balaban J connectivity index is 0.842. The van der Waals surface area contributed by atoms with Crippen LogP contribution in [0.15, 0.2) is 322 Å². The molecule has 384 valence electrons. The summed E-state index contributed by atoms with van der Waals surface area (Å²) in [5.41, 5.74) is 17.5. The molecule has 82 heavy (non-hydrogen) atoms. The van der Waals surface area contributed by atoms with E-state index in [4.69, 9.17) is 0 Å².